The molecule has 1 aliphatic carbocycles. The lowest BCUT2D eigenvalue weighted by Gasteiger charge is -2.30. The van der Waals surface area contributed by atoms with Gasteiger partial charge < -0.3 is 15.3 Å². The lowest BCUT2D eigenvalue weighted by Crippen LogP contribution is -2.39. The van der Waals surface area contributed by atoms with Crippen LogP contribution in [0.1, 0.15) is 39.8 Å². The summed E-state index contributed by atoms with van der Waals surface area (Å²) in [5.41, 5.74) is -0.552. The minimum Gasteiger partial charge on any atom is -0.479 e. The topological polar surface area (TPSA) is 77.8 Å². The molecule has 2 aromatic rings. The van der Waals surface area contributed by atoms with Crippen LogP contribution in [0.2, 0.25) is 0 Å². The van der Waals surface area contributed by atoms with Gasteiger partial charge in [0.15, 0.2) is 5.60 Å². The fourth-order valence-electron chi connectivity index (χ4n) is 2.65. The van der Waals surface area contributed by atoms with E-state index in [1.54, 1.807) is 6.07 Å². The zero-order chi connectivity index (χ0) is 15.7. The molecule has 3 rings (SSSR count). The van der Waals surface area contributed by atoms with Gasteiger partial charge in [-0.2, -0.15) is 0 Å². The van der Waals surface area contributed by atoms with Crippen LogP contribution in [0.4, 0.5) is 0 Å². The minimum absolute atomic E-state index is 0.0229. The van der Waals surface area contributed by atoms with Crippen LogP contribution in [0.3, 0.4) is 0 Å². The fraction of sp³-hybridized carbons (Fsp3) is 0.235. The van der Waals surface area contributed by atoms with Gasteiger partial charge in [0, 0.05) is 15.3 Å². The molecule has 0 fully saturated rings. The second-order valence-electron chi connectivity index (χ2n) is 5.39. The van der Waals surface area contributed by atoms with E-state index in [2.05, 4.69) is 0 Å². The highest BCUT2D eigenvalue weighted by Crippen LogP contribution is 2.45. The third kappa shape index (κ3) is 2.59. The quantitative estimate of drug-likeness (QED) is 0.813. The summed E-state index contributed by atoms with van der Waals surface area (Å²) < 4.78 is 0. The van der Waals surface area contributed by atoms with Crippen molar-refractivity contribution >= 4 is 29.5 Å². The summed E-state index contributed by atoms with van der Waals surface area (Å²) in [6.45, 7) is 0. The van der Waals surface area contributed by atoms with Crippen LogP contribution < -0.4 is 0 Å². The molecule has 22 heavy (non-hydrogen) atoms. The number of hydrogen-bond acceptors (Lipinski definition) is 4. The molecule has 0 radical (unpaired) electrons. The average molecular weight is 316 g/mol. The molecule has 1 aromatic carbocycles. The number of rotatable bonds is 3. The summed E-state index contributed by atoms with van der Waals surface area (Å²) in [4.78, 5) is 12.7. The molecule has 0 bridgehead atoms. The number of carbonyl (C=O) groups is 1. The Bertz CT molecular complexity index is 720. The Morgan fingerprint density at radius 3 is 2.68 bits per heavy atom. The van der Waals surface area contributed by atoms with Crippen molar-refractivity contribution in [3.05, 3.63) is 57.3 Å². The van der Waals surface area contributed by atoms with Crippen molar-refractivity contribution in [2.45, 2.75) is 24.5 Å². The largest absolute Gasteiger partial charge is 0.479 e. The zero-order valence-corrected chi connectivity index (χ0v) is 12.6. The van der Waals surface area contributed by atoms with Crippen LogP contribution in [-0.4, -0.2) is 21.3 Å². The van der Waals surface area contributed by atoms with E-state index in [0.717, 1.165) is 10.4 Å². The van der Waals surface area contributed by atoms with Crippen molar-refractivity contribution in [2.24, 2.45) is 0 Å². The molecular weight excluding hydrogens is 300 g/mol. The number of aliphatic hydroxyl groups is 2. The van der Waals surface area contributed by atoms with E-state index in [4.69, 9.17) is 0 Å². The molecule has 2 atom stereocenters. The van der Waals surface area contributed by atoms with Crippen molar-refractivity contribution in [1.29, 1.82) is 0 Å². The lowest BCUT2D eigenvalue weighted by atomic mass is 9.82. The summed E-state index contributed by atoms with van der Waals surface area (Å²) in [5.74, 6) is -1.27. The standard InChI is InChI=1S/C17H16O4S/c18-14-8-9-17(21,16(19)20)13-10-12(22-15(13)14)7-6-11-4-2-1-3-5-11/h1-7,10,14,18,21H,8-9H2,(H,19,20)/b7-6+/t14-,17-/m0/s1. The molecule has 0 spiro atoms. The first-order chi connectivity index (χ1) is 10.5. The first-order valence-corrected chi connectivity index (χ1v) is 7.83. The van der Waals surface area contributed by atoms with E-state index in [-0.39, 0.29) is 12.8 Å². The number of thiophene rings is 1. The van der Waals surface area contributed by atoms with Gasteiger partial charge in [-0.25, -0.2) is 4.79 Å². The van der Waals surface area contributed by atoms with Gasteiger partial charge in [-0.15, -0.1) is 11.3 Å². The summed E-state index contributed by atoms with van der Waals surface area (Å²) in [6, 6.07) is 11.4. The van der Waals surface area contributed by atoms with Gasteiger partial charge in [0.1, 0.15) is 0 Å². The Morgan fingerprint density at radius 2 is 2.00 bits per heavy atom. The highest BCUT2D eigenvalue weighted by Gasteiger charge is 2.45. The van der Waals surface area contributed by atoms with E-state index in [9.17, 15) is 20.1 Å². The van der Waals surface area contributed by atoms with Crippen LogP contribution >= 0.6 is 11.3 Å². The summed E-state index contributed by atoms with van der Waals surface area (Å²) in [6.07, 6.45) is 3.35. The van der Waals surface area contributed by atoms with Crippen molar-refractivity contribution in [3.8, 4) is 0 Å². The van der Waals surface area contributed by atoms with Gasteiger partial charge in [0.05, 0.1) is 6.10 Å². The van der Waals surface area contributed by atoms with E-state index in [1.807, 2.05) is 42.5 Å². The lowest BCUT2D eigenvalue weighted by molar-refractivity contribution is -0.162. The van der Waals surface area contributed by atoms with E-state index in [1.165, 1.54) is 11.3 Å². The first-order valence-electron chi connectivity index (χ1n) is 7.02. The second kappa shape index (κ2) is 5.68. The normalized spacial score (nSPS) is 24.4. The minimum atomic E-state index is -1.90. The first kappa shape index (κ1) is 15.0. The summed E-state index contributed by atoms with van der Waals surface area (Å²) in [5, 5.41) is 29.7. The predicted octanol–water partition coefficient (Wildman–Crippen LogP) is 3.02. The molecule has 5 heteroatoms. The SMILES string of the molecule is O=C(O)[C@]1(O)CC[C@H](O)c2sc(/C=C/c3ccccc3)cc21. The van der Waals surface area contributed by atoms with Gasteiger partial charge >= 0.3 is 5.97 Å². The van der Waals surface area contributed by atoms with E-state index in [0.29, 0.717) is 10.4 Å². The Hall–Kier alpha value is -1.95. The monoisotopic (exact) mass is 316 g/mol. The number of hydrogen-bond donors (Lipinski definition) is 3. The maximum absolute atomic E-state index is 11.4. The molecule has 3 N–H and O–H groups in total. The maximum Gasteiger partial charge on any atom is 0.340 e. The van der Waals surface area contributed by atoms with Crippen molar-refractivity contribution in [3.63, 3.8) is 0 Å². The highest BCUT2D eigenvalue weighted by atomic mass is 32.1. The number of aliphatic carboxylic acids is 1. The number of aliphatic hydroxyl groups excluding tert-OH is 1. The molecule has 4 nitrogen and oxygen atoms in total. The van der Waals surface area contributed by atoms with Gasteiger partial charge in [-0.3, -0.25) is 0 Å². The molecule has 114 valence electrons. The zero-order valence-electron chi connectivity index (χ0n) is 11.8. The van der Waals surface area contributed by atoms with Crippen LogP contribution in [0.25, 0.3) is 12.2 Å². The fourth-order valence-corrected chi connectivity index (χ4v) is 3.81. The molecule has 1 heterocycles. The van der Waals surface area contributed by atoms with Gasteiger partial charge in [-0.05, 0) is 30.5 Å². The molecule has 1 aromatic heterocycles. The molecule has 1 aliphatic rings. The smallest absolute Gasteiger partial charge is 0.340 e. The van der Waals surface area contributed by atoms with Crippen molar-refractivity contribution in [1.82, 2.24) is 0 Å². The van der Waals surface area contributed by atoms with Gasteiger partial charge in [0.25, 0.3) is 0 Å². The number of benzene rings is 1. The van der Waals surface area contributed by atoms with Crippen LogP contribution in [-0.2, 0) is 10.4 Å². The Morgan fingerprint density at radius 1 is 1.27 bits per heavy atom. The Kier molecular flexibility index (Phi) is 3.87. The van der Waals surface area contributed by atoms with E-state index >= 15 is 0 Å². The molecular formula is C17H16O4S. The highest BCUT2D eigenvalue weighted by molar-refractivity contribution is 7.13. The van der Waals surface area contributed by atoms with Gasteiger partial charge in [-0.1, -0.05) is 36.4 Å². The Labute approximate surface area is 132 Å². The maximum atomic E-state index is 11.4. The van der Waals surface area contributed by atoms with Gasteiger partial charge in [0.2, 0.25) is 0 Å². The Balaban J connectivity index is 1.97. The number of fused-ring (bicyclic) bond motifs is 1. The second-order valence-corrected chi connectivity index (χ2v) is 6.51. The molecule has 0 saturated carbocycles. The molecule has 0 saturated heterocycles. The third-order valence-corrected chi connectivity index (χ3v) is 5.10. The van der Waals surface area contributed by atoms with Crippen LogP contribution in [0.15, 0.2) is 36.4 Å². The van der Waals surface area contributed by atoms with Crippen LogP contribution in [0.5, 0.6) is 0 Å². The van der Waals surface area contributed by atoms with Crippen molar-refractivity contribution < 1.29 is 20.1 Å². The molecule has 0 amide bonds. The van der Waals surface area contributed by atoms with Crippen LogP contribution in [0, 0.1) is 0 Å². The average Bonchev–Trinajstić information content (AvgIpc) is 2.96. The summed E-state index contributed by atoms with van der Waals surface area (Å²) in [7, 11) is 0. The number of carboxylic acids is 1. The van der Waals surface area contributed by atoms with Crippen molar-refractivity contribution in [2.75, 3.05) is 0 Å². The summed E-state index contributed by atoms with van der Waals surface area (Å²) >= 11 is 1.32. The predicted molar refractivity (Wildman–Crippen MR) is 85.4 cm³/mol. The molecule has 0 aliphatic heterocycles. The number of carboxylic acid groups (broad SMARTS) is 1. The van der Waals surface area contributed by atoms with E-state index < -0.39 is 17.7 Å². The third-order valence-electron chi connectivity index (χ3n) is 3.90. The molecule has 0 unspecified atom stereocenters.